The van der Waals surface area contributed by atoms with E-state index in [1.165, 1.54) is 32.0 Å². The van der Waals surface area contributed by atoms with Crippen molar-refractivity contribution >= 4 is 75.1 Å². The van der Waals surface area contributed by atoms with Crippen LogP contribution in [-0.4, -0.2) is 9.97 Å². The minimum absolute atomic E-state index is 0.700. The third-order valence-corrected chi connectivity index (χ3v) is 12.5. The summed E-state index contributed by atoms with van der Waals surface area (Å²) in [7, 11) is 0. The number of hydrogen-bond acceptors (Lipinski definition) is 4. The molecule has 9 aromatic carbocycles. The third-order valence-electron chi connectivity index (χ3n) is 11.3. The molecule has 0 aliphatic heterocycles. The van der Waals surface area contributed by atoms with Gasteiger partial charge < -0.3 is 4.42 Å². The summed E-state index contributed by atoms with van der Waals surface area (Å²) in [5.41, 5.74) is 12.4. The van der Waals surface area contributed by atoms with Gasteiger partial charge in [-0.3, -0.25) is 0 Å². The van der Waals surface area contributed by atoms with Crippen molar-refractivity contribution in [1.82, 2.24) is 9.97 Å². The Morgan fingerprint density at radius 2 is 1.14 bits per heavy atom. The molecule has 0 unspecified atom stereocenters. The van der Waals surface area contributed by atoms with Crippen molar-refractivity contribution in [2.75, 3.05) is 0 Å². The number of rotatable bonds is 5. The fraction of sp³-hybridized carbons (Fsp3) is 0. The van der Waals surface area contributed by atoms with Crippen molar-refractivity contribution in [2.24, 2.45) is 0 Å². The van der Waals surface area contributed by atoms with Gasteiger partial charge in [-0.1, -0.05) is 140 Å². The van der Waals surface area contributed by atoms with Gasteiger partial charge in [0.1, 0.15) is 11.2 Å². The van der Waals surface area contributed by atoms with E-state index < -0.39 is 0 Å². The second-order valence-electron chi connectivity index (χ2n) is 14.8. The van der Waals surface area contributed by atoms with Gasteiger partial charge in [-0.25, -0.2) is 9.97 Å². The zero-order valence-electron chi connectivity index (χ0n) is 31.0. The van der Waals surface area contributed by atoms with Gasteiger partial charge in [0.15, 0.2) is 5.82 Å². The second-order valence-corrected chi connectivity index (χ2v) is 15.9. The molecule has 0 atom stereocenters. The van der Waals surface area contributed by atoms with E-state index in [-0.39, 0.29) is 0 Å². The number of aromatic nitrogens is 2. The Labute approximate surface area is 338 Å². The highest BCUT2D eigenvalue weighted by Crippen LogP contribution is 2.43. The first kappa shape index (κ1) is 32.6. The van der Waals surface area contributed by atoms with E-state index in [0.717, 1.165) is 82.0 Å². The van der Waals surface area contributed by atoms with Gasteiger partial charge in [0, 0.05) is 32.0 Å². The molecular formula is C54H30N2OS. The van der Waals surface area contributed by atoms with E-state index in [2.05, 4.69) is 182 Å². The van der Waals surface area contributed by atoms with E-state index in [9.17, 15) is 0 Å². The average molecular weight is 755 g/mol. The van der Waals surface area contributed by atoms with Gasteiger partial charge in [0.25, 0.3) is 0 Å². The van der Waals surface area contributed by atoms with Crippen molar-refractivity contribution in [3.05, 3.63) is 194 Å². The molecule has 0 saturated heterocycles. The molecule has 3 heterocycles. The van der Waals surface area contributed by atoms with Crippen LogP contribution < -0.4 is 0 Å². The number of hydrogen-bond donors (Lipinski definition) is 0. The van der Waals surface area contributed by atoms with Crippen LogP contribution in [0.25, 0.3) is 120 Å². The smallest absolute Gasteiger partial charge is 0.160 e. The Kier molecular flexibility index (Phi) is 7.31. The van der Waals surface area contributed by atoms with Crippen LogP contribution in [0.5, 0.6) is 0 Å². The van der Waals surface area contributed by atoms with Crippen LogP contribution in [0.4, 0.5) is 0 Å². The van der Waals surface area contributed by atoms with Gasteiger partial charge in [0.05, 0.1) is 15.9 Å². The molecule has 0 bridgehead atoms. The lowest BCUT2D eigenvalue weighted by Gasteiger charge is -2.11. The summed E-state index contributed by atoms with van der Waals surface area (Å²) in [6.45, 7) is 0. The first-order chi connectivity index (χ1) is 28.7. The summed E-state index contributed by atoms with van der Waals surface area (Å²) < 4.78 is 8.91. The first-order valence-corrected chi connectivity index (χ1v) is 20.2. The number of benzene rings is 8. The highest BCUT2D eigenvalue weighted by Gasteiger charge is 2.19. The maximum Gasteiger partial charge on any atom is 0.160 e. The number of furan rings is 1. The van der Waals surface area contributed by atoms with Gasteiger partial charge >= 0.3 is 0 Å². The molecule has 268 valence electrons. The Morgan fingerprint density at radius 3 is 1.95 bits per heavy atom. The molecule has 0 N–H and O–H groups in total. The number of fused-ring (bicyclic) bond motifs is 8. The van der Waals surface area contributed by atoms with Gasteiger partial charge in [-0.05, 0) is 110 Å². The zero-order chi connectivity index (χ0) is 38.2. The van der Waals surface area contributed by atoms with Crippen LogP contribution in [0.3, 0.4) is 0 Å². The highest BCUT2D eigenvalue weighted by molar-refractivity contribution is 7.26. The molecule has 12 aromatic rings. The largest absolute Gasteiger partial charge is 0.456 e. The summed E-state index contributed by atoms with van der Waals surface area (Å²) in [5.74, 6) is 0.700. The quantitative estimate of drug-likeness (QED) is 0.176. The number of thiophene rings is 1. The van der Waals surface area contributed by atoms with Crippen LogP contribution >= 0.6 is 11.3 Å². The molecule has 0 radical (unpaired) electrons. The molecule has 0 amide bonds. The second kappa shape index (κ2) is 13.0. The molecule has 12 rings (SSSR count). The van der Waals surface area contributed by atoms with Crippen molar-refractivity contribution in [3.8, 4) is 56.0 Å². The van der Waals surface area contributed by atoms with Crippen molar-refractivity contribution in [3.63, 3.8) is 0 Å². The van der Waals surface area contributed by atoms with Crippen LogP contribution in [0.15, 0.2) is 186 Å². The van der Waals surface area contributed by atoms with E-state index in [1.807, 2.05) is 12.1 Å². The predicted molar refractivity (Wildman–Crippen MR) is 242 cm³/mol. The molecule has 0 spiro atoms. The Hall–Kier alpha value is -7.58. The Morgan fingerprint density at radius 1 is 0.448 bits per heavy atom. The van der Waals surface area contributed by atoms with Crippen molar-refractivity contribution < 1.29 is 4.42 Å². The van der Waals surface area contributed by atoms with Crippen LogP contribution in [0.1, 0.15) is 0 Å². The summed E-state index contributed by atoms with van der Waals surface area (Å²) in [6, 6.07) is 70.5. The van der Waals surface area contributed by atoms with Gasteiger partial charge in [-0.2, -0.15) is 0 Å². The fourth-order valence-corrected chi connectivity index (χ4v) is 9.57. The molecular weight excluding hydrogens is 725 g/mol. The Bertz CT molecular complexity index is 3550. The van der Waals surface area contributed by atoms with Crippen LogP contribution in [0, 0.1) is 12.1 Å². The maximum atomic E-state index is 6.61. The van der Waals surface area contributed by atoms with Gasteiger partial charge in [0.2, 0.25) is 0 Å². The molecule has 0 aliphatic rings. The van der Waals surface area contributed by atoms with Gasteiger partial charge in [-0.15, -0.1) is 11.3 Å². The van der Waals surface area contributed by atoms with Crippen molar-refractivity contribution in [1.29, 1.82) is 0 Å². The van der Waals surface area contributed by atoms with Crippen LogP contribution in [0.2, 0.25) is 0 Å². The topological polar surface area (TPSA) is 38.9 Å². The summed E-state index contributed by atoms with van der Waals surface area (Å²) in [6.07, 6.45) is 0. The van der Waals surface area contributed by atoms with Crippen LogP contribution in [-0.2, 0) is 0 Å². The molecule has 58 heavy (non-hydrogen) atoms. The highest BCUT2D eigenvalue weighted by atomic mass is 32.1. The standard InChI is InChI=1S/C54H30N2OS/c1-2-10-33(11-3-1)43-30-45(50-46-29-40-14-6-7-15-41(40)31-47(46)57-48(50)32-43)36-21-25-38(26-22-36)54-55-51(53-52(56-54)44-16-8-9-17-49(44)58-53)37-23-18-35(19-24-37)42-27-20-34-12-4-5-13-39(34)28-42/h2,4-32H. The average Bonchev–Trinajstić information content (AvgIpc) is 3.85. The van der Waals surface area contributed by atoms with E-state index in [1.54, 1.807) is 11.3 Å². The Balaban J connectivity index is 0.992. The lowest BCUT2D eigenvalue weighted by molar-refractivity contribution is 0.669. The molecule has 4 heteroatoms. The molecule has 3 aromatic heterocycles. The predicted octanol–water partition coefficient (Wildman–Crippen LogP) is 15.0. The molecule has 0 aliphatic carbocycles. The fourth-order valence-electron chi connectivity index (χ4n) is 8.42. The van der Waals surface area contributed by atoms with Crippen molar-refractivity contribution in [2.45, 2.75) is 0 Å². The SMILES string of the molecule is c1ccc(-c2cc(-c3ccc(-c4nc(-c5ccc(-c6ccc7ccccc7c6)cc5)c5sc6ccccc6c5n4)cc3)c3c(c2)oc2cc4ccccc4cc23)cc#1. The van der Waals surface area contributed by atoms with E-state index in [0.29, 0.717) is 5.82 Å². The first-order valence-electron chi connectivity index (χ1n) is 19.4. The minimum atomic E-state index is 0.700. The molecule has 0 fully saturated rings. The summed E-state index contributed by atoms with van der Waals surface area (Å²) >= 11 is 1.75. The van der Waals surface area contributed by atoms with E-state index in [4.69, 9.17) is 14.4 Å². The molecule has 0 saturated carbocycles. The normalized spacial score (nSPS) is 11.7. The maximum absolute atomic E-state index is 6.61. The molecule has 3 nitrogen and oxygen atoms in total. The lowest BCUT2D eigenvalue weighted by Crippen LogP contribution is -1.94. The minimum Gasteiger partial charge on any atom is -0.456 e. The van der Waals surface area contributed by atoms with E-state index >= 15 is 0 Å². The zero-order valence-corrected chi connectivity index (χ0v) is 31.8. The monoisotopic (exact) mass is 754 g/mol. The lowest BCUT2D eigenvalue weighted by atomic mass is 9.93. The summed E-state index contributed by atoms with van der Waals surface area (Å²) in [5, 5.41) is 8.16. The summed E-state index contributed by atoms with van der Waals surface area (Å²) in [4.78, 5) is 10.6. The number of nitrogens with zero attached hydrogens (tertiary/aromatic N) is 2. The third kappa shape index (κ3) is 5.37.